The molecule has 132 valence electrons. The van der Waals surface area contributed by atoms with Gasteiger partial charge in [-0.3, -0.25) is 4.79 Å². The Morgan fingerprint density at radius 1 is 1.20 bits per heavy atom. The van der Waals surface area contributed by atoms with Crippen molar-refractivity contribution in [3.63, 3.8) is 0 Å². The van der Waals surface area contributed by atoms with Gasteiger partial charge in [-0.05, 0) is 25.0 Å². The number of hydrogen-bond donors (Lipinski definition) is 0. The topological polar surface area (TPSA) is 51.7 Å². The van der Waals surface area contributed by atoms with Crippen LogP contribution in [0.4, 0.5) is 4.39 Å². The van der Waals surface area contributed by atoms with E-state index in [1.54, 1.807) is 23.6 Å². The van der Waals surface area contributed by atoms with Gasteiger partial charge in [0.05, 0.1) is 13.2 Å². The van der Waals surface area contributed by atoms with E-state index >= 15 is 0 Å². The molecule has 1 amide bonds. The molecule has 2 aliphatic rings. The van der Waals surface area contributed by atoms with Crippen molar-refractivity contribution in [1.29, 1.82) is 0 Å². The predicted octanol–water partition coefficient (Wildman–Crippen LogP) is 3.17. The van der Waals surface area contributed by atoms with E-state index in [2.05, 4.69) is 4.98 Å². The van der Waals surface area contributed by atoms with E-state index in [0.717, 1.165) is 12.8 Å². The lowest BCUT2D eigenvalue weighted by atomic mass is 9.96. The maximum absolute atomic E-state index is 13.9. The summed E-state index contributed by atoms with van der Waals surface area (Å²) < 4.78 is 25.0. The van der Waals surface area contributed by atoms with Crippen LogP contribution < -0.4 is 0 Å². The van der Waals surface area contributed by atoms with Gasteiger partial charge in [0.15, 0.2) is 6.29 Å². The van der Waals surface area contributed by atoms with E-state index in [1.807, 2.05) is 4.90 Å². The zero-order valence-corrected chi connectivity index (χ0v) is 14.5. The summed E-state index contributed by atoms with van der Waals surface area (Å²) in [5.41, 5.74) is 0.816. The fraction of sp³-hybridized carbons (Fsp3) is 0.444. The molecular formula is C18H19FN2O3S. The van der Waals surface area contributed by atoms with Crippen molar-refractivity contribution < 1.29 is 18.7 Å². The Balaban J connectivity index is 1.41. The van der Waals surface area contributed by atoms with Crippen LogP contribution in [0.2, 0.25) is 0 Å². The van der Waals surface area contributed by atoms with Crippen molar-refractivity contribution in [2.45, 2.75) is 19.1 Å². The van der Waals surface area contributed by atoms with Crippen molar-refractivity contribution in [2.75, 3.05) is 26.3 Å². The monoisotopic (exact) mass is 362 g/mol. The summed E-state index contributed by atoms with van der Waals surface area (Å²) in [7, 11) is 0. The second-order valence-electron chi connectivity index (χ2n) is 6.26. The fourth-order valence-corrected chi connectivity index (χ4v) is 4.14. The van der Waals surface area contributed by atoms with Gasteiger partial charge in [-0.25, -0.2) is 9.37 Å². The summed E-state index contributed by atoms with van der Waals surface area (Å²) in [5, 5.41) is 2.24. The quantitative estimate of drug-likeness (QED) is 0.842. The minimum Gasteiger partial charge on any atom is -0.350 e. The summed E-state index contributed by atoms with van der Waals surface area (Å²) in [6, 6.07) is 6.48. The highest BCUT2D eigenvalue weighted by Crippen LogP contribution is 2.29. The maximum Gasteiger partial charge on any atom is 0.273 e. The van der Waals surface area contributed by atoms with Gasteiger partial charge in [-0.1, -0.05) is 12.1 Å². The van der Waals surface area contributed by atoms with Crippen molar-refractivity contribution in [1.82, 2.24) is 9.88 Å². The van der Waals surface area contributed by atoms with Crippen molar-refractivity contribution in [3.05, 3.63) is 41.2 Å². The Labute approximate surface area is 149 Å². The van der Waals surface area contributed by atoms with Gasteiger partial charge in [-0.15, -0.1) is 11.3 Å². The van der Waals surface area contributed by atoms with Crippen LogP contribution in [0.25, 0.3) is 10.6 Å². The molecule has 0 radical (unpaired) electrons. The first-order chi connectivity index (χ1) is 12.2. The van der Waals surface area contributed by atoms with E-state index in [4.69, 9.17) is 9.47 Å². The lowest BCUT2D eigenvalue weighted by molar-refractivity contribution is -0.0956. The Kier molecular flexibility index (Phi) is 4.78. The van der Waals surface area contributed by atoms with Gasteiger partial charge >= 0.3 is 0 Å². The first-order valence-electron chi connectivity index (χ1n) is 8.45. The molecule has 2 saturated heterocycles. The van der Waals surface area contributed by atoms with Crippen LogP contribution in [0.15, 0.2) is 29.6 Å². The lowest BCUT2D eigenvalue weighted by Crippen LogP contribution is -2.41. The minimum absolute atomic E-state index is 0.0921. The number of amides is 1. The molecule has 25 heavy (non-hydrogen) atoms. The van der Waals surface area contributed by atoms with E-state index < -0.39 is 0 Å². The van der Waals surface area contributed by atoms with Crippen molar-refractivity contribution in [2.24, 2.45) is 5.92 Å². The molecule has 0 aliphatic carbocycles. The predicted molar refractivity (Wildman–Crippen MR) is 91.8 cm³/mol. The average Bonchev–Trinajstić information content (AvgIpc) is 3.34. The molecule has 1 aromatic heterocycles. The third-order valence-corrected chi connectivity index (χ3v) is 5.56. The molecule has 0 saturated carbocycles. The molecule has 1 aromatic carbocycles. The molecule has 5 nitrogen and oxygen atoms in total. The van der Waals surface area contributed by atoms with Gasteiger partial charge in [0.1, 0.15) is 16.5 Å². The summed E-state index contributed by atoms with van der Waals surface area (Å²) in [6.07, 6.45) is 1.60. The molecule has 2 fully saturated rings. The van der Waals surface area contributed by atoms with E-state index in [1.165, 1.54) is 17.4 Å². The Morgan fingerprint density at radius 3 is 2.64 bits per heavy atom. The van der Waals surface area contributed by atoms with Crippen LogP contribution in [0, 0.1) is 11.7 Å². The van der Waals surface area contributed by atoms with Crippen molar-refractivity contribution >= 4 is 17.2 Å². The van der Waals surface area contributed by atoms with Gasteiger partial charge in [0.25, 0.3) is 5.91 Å². The molecule has 0 spiro atoms. The summed E-state index contributed by atoms with van der Waals surface area (Å²) in [5.74, 6) is -0.0743. The number of benzene rings is 1. The number of rotatable bonds is 3. The lowest BCUT2D eigenvalue weighted by Gasteiger charge is -2.33. The number of thiazole rings is 1. The molecule has 2 aromatic rings. The van der Waals surface area contributed by atoms with Crippen LogP contribution >= 0.6 is 11.3 Å². The standard InChI is InChI=1S/C18H19FN2O3S/c19-14-4-2-1-3-13(14)16-20-15(11-25-16)17(22)21-7-5-12(6-8-21)18-23-9-10-24-18/h1-4,11-12,18H,5-10H2. The van der Waals surface area contributed by atoms with Gasteiger partial charge in [0, 0.05) is 30.0 Å². The number of aromatic nitrogens is 1. The highest BCUT2D eigenvalue weighted by molar-refractivity contribution is 7.13. The Hall–Kier alpha value is -1.83. The van der Waals surface area contributed by atoms with Gasteiger partial charge in [-0.2, -0.15) is 0 Å². The first-order valence-corrected chi connectivity index (χ1v) is 9.33. The molecular weight excluding hydrogens is 343 g/mol. The molecule has 0 bridgehead atoms. The van der Waals surface area contributed by atoms with E-state index in [9.17, 15) is 9.18 Å². The van der Waals surface area contributed by atoms with E-state index in [-0.39, 0.29) is 18.0 Å². The first kappa shape index (κ1) is 16.6. The number of piperidine rings is 1. The van der Waals surface area contributed by atoms with E-state index in [0.29, 0.717) is 48.5 Å². The number of likely N-dealkylation sites (tertiary alicyclic amines) is 1. The summed E-state index contributed by atoms with van der Waals surface area (Å²) in [6.45, 7) is 2.64. The number of carbonyl (C=O) groups excluding carboxylic acids is 1. The second kappa shape index (κ2) is 7.19. The Morgan fingerprint density at radius 2 is 1.92 bits per heavy atom. The van der Waals surface area contributed by atoms with Crippen LogP contribution in [0.5, 0.6) is 0 Å². The van der Waals surface area contributed by atoms with Gasteiger partial charge in [0.2, 0.25) is 0 Å². The molecule has 0 unspecified atom stereocenters. The summed E-state index contributed by atoms with van der Waals surface area (Å²) >= 11 is 1.29. The zero-order chi connectivity index (χ0) is 17.2. The fourth-order valence-electron chi connectivity index (χ4n) is 3.32. The molecule has 4 rings (SSSR count). The third kappa shape index (κ3) is 3.44. The molecule has 2 aliphatic heterocycles. The molecule has 0 atom stereocenters. The normalized spacial score (nSPS) is 19.5. The minimum atomic E-state index is -0.326. The van der Waals surface area contributed by atoms with Crippen LogP contribution in [0.1, 0.15) is 23.3 Å². The smallest absolute Gasteiger partial charge is 0.273 e. The molecule has 3 heterocycles. The zero-order valence-electron chi connectivity index (χ0n) is 13.7. The second-order valence-corrected chi connectivity index (χ2v) is 7.12. The highest BCUT2D eigenvalue weighted by atomic mass is 32.1. The maximum atomic E-state index is 13.9. The number of hydrogen-bond acceptors (Lipinski definition) is 5. The molecule has 0 N–H and O–H groups in total. The van der Waals surface area contributed by atoms with Crippen molar-refractivity contribution in [3.8, 4) is 10.6 Å². The SMILES string of the molecule is O=C(c1csc(-c2ccccc2F)n1)N1CCC(C2OCCO2)CC1. The van der Waals surface area contributed by atoms with Crippen LogP contribution in [-0.4, -0.2) is 48.4 Å². The number of carbonyl (C=O) groups is 1. The number of ether oxygens (including phenoxy) is 2. The number of nitrogens with zero attached hydrogens (tertiary/aromatic N) is 2. The summed E-state index contributed by atoms with van der Waals surface area (Å²) in [4.78, 5) is 18.8. The largest absolute Gasteiger partial charge is 0.350 e. The van der Waals surface area contributed by atoms with Crippen LogP contribution in [-0.2, 0) is 9.47 Å². The average molecular weight is 362 g/mol. The molecule has 7 heteroatoms. The van der Waals surface area contributed by atoms with Crippen LogP contribution in [0.3, 0.4) is 0 Å². The van der Waals surface area contributed by atoms with Gasteiger partial charge < -0.3 is 14.4 Å². The third-order valence-electron chi connectivity index (χ3n) is 4.69. The number of halogens is 1. The highest BCUT2D eigenvalue weighted by Gasteiger charge is 2.32. The Bertz CT molecular complexity index is 752.